The number of thioether (sulfide) groups is 1. The molecule has 0 unspecified atom stereocenters. The monoisotopic (exact) mass is 516 g/mol. The van der Waals surface area contributed by atoms with Gasteiger partial charge in [-0.3, -0.25) is 0 Å². The van der Waals surface area contributed by atoms with Gasteiger partial charge in [0.05, 0.1) is 24.3 Å². The summed E-state index contributed by atoms with van der Waals surface area (Å²) >= 11 is 1.46. The first-order valence-electron chi connectivity index (χ1n) is 10.4. The first-order valence-corrected chi connectivity index (χ1v) is 11.4. The molecule has 0 spiro atoms. The molecule has 0 saturated heterocycles. The number of aryl methyl sites for hydroxylation is 1. The van der Waals surface area contributed by atoms with E-state index in [9.17, 15) is 31.4 Å². The van der Waals surface area contributed by atoms with E-state index in [1.165, 1.54) is 36.0 Å². The molecule has 0 saturated carbocycles. The molecule has 3 rings (SSSR count). The molecule has 0 amide bonds. The number of phenols is 1. The molecule has 3 aromatic rings. The maximum absolute atomic E-state index is 12.8. The van der Waals surface area contributed by atoms with Gasteiger partial charge in [0.2, 0.25) is 0 Å². The molecule has 0 bridgehead atoms. The molecule has 10 heteroatoms. The van der Waals surface area contributed by atoms with Gasteiger partial charge < -0.3 is 14.6 Å². The fourth-order valence-corrected chi connectivity index (χ4v) is 4.03. The Morgan fingerprint density at radius 3 is 1.60 bits per heavy atom. The minimum absolute atomic E-state index is 0.107. The van der Waals surface area contributed by atoms with Gasteiger partial charge in [0.15, 0.2) is 0 Å². The van der Waals surface area contributed by atoms with Gasteiger partial charge in [0.25, 0.3) is 0 Å². The van der Waals surface area contributed by atoms with Gasteiger partial charge >= 0.3 is 12.4 Å². The Labute approximate surface area is 202 Å². The van der Waals surface area contributed by atoms with Gasteiger partial charge in [-0.05, 0) is 79.2 Å². The number of halogens is 6. The maximum Gasteiger partial charge on any atom is 0.416 e. The lowest BCUT2D eigenvalue weighted by molar-refractivity contribution is -0.138. The summed E-state index contributed by atoms with van der Waals surface area (Å²) in [6.07, 6.45) is -8.90. The molecule has 0 aliphatic carbocycles. The highest BCUT2D eigenvalue weighted by Crippen LogP contribution is 2.32. The van der Waals surface area contributed by atoms with Crippen LogP contribution < -0.4 is 9.47 Å². The van der Waals surface area contributed by atoms with Crippen LogP contribution in [0, 0.1) is 12.8 Å². The standard InChI is InChI=1S/C25H22F6O3S/c1-16-12-22(10-11-23(16)32)35-15-17(13-33-20-6-2-18(3-7-20)24(26,27)28)14-34-21-8-4-19(5-9-21)25(29,30)31/h2-12,17,32H,13-15H2,1H3. The van der Waals surface area contributed by atoms with E-state index in [0.717, 1.165) is 29.2 Å². The van der Waals surface area contributed by atoms with Crippen LogP contribution in [0.25, 0.3) is 0 Å². The molecule has 0 aromatic heterocycles. The summed E-state index contributed by atoms with van der Waals surface area (Å²) in [6, 6.07) is 13.8. The summed E-state index contributed by atoms with van der Waals surface area (Å²) in [5.74, 6) is 0.915. The lowest BCUT2D eigenvalue weighted by Gasteiger charge is -2.19. The zero-order valence-electron chi connectivity index (χ0n) is 18.5. The Morgan fingerprint density at radius 2 is 1.20 bits per heavy atom. The van der Waals surface area contributed by atoms with Crippen molar-refractivity contribution in [1.29, 1.82) is 0 Å². The number of phenolic OH excluding ortho intramolecular Hbond substituents is 1. The minimum atomic E-state index is -4.45. The quantitative estimate of drug-likeness (QED) is 0.235. The molecule has 0 fully saturated rings. The summed E-state index contributed by atoms with van der Waals surface area (Å²) in [7, 11) is 0. The van der Waals surface area contributed by atoms with E-state index in [4.69, 9.17) is 9.47 Å². The summed E-state index contributed by atoms with van der Waals surface area (Å²) in [5.41, 5.74) is -0.871. The average Bonchev–Trinajstić information content (AvgIpc) is 2.80. The predicted octanol–water partition coefficient (Wildman–Crippen LogP) is 7.60. The molecular weight excluding hydrogens is 494 g/mol. The van der Waals surface area contributed by atoms with E-state index in [1.807, 2.05) is 6.07 Å². The van der Waals surface area contributed by atoms with E-state index < -0.39 is 23.5 Å². The van der Waals surface area contributed by atoms with Crippen molar-refractivity contribution in [2.45, 2.75) is 24.2 Å². The van der Waals surface area contributed by atoms with Gasteiger partial charge in [-0.25, -0.2) is 0 Å². The largest absolute Gasteiger partial charge is 0.508 e. The third-order valence-corrected chi connectivity index (χ3v) is 6.21. The summed E-state index contributed by atoms with van der Waals surface area (Å²) in [6.45, 7) is 1.98. The van der Waals surface area contributed by atoms with Crippen LogP contribution >= 0.6 is 11.8 Å². The SMILES string of the molecule is Cc1cc(SCC(COc2ccc(C(F)(F)F)cc2)COc2ccc(C(F)(F)F)cc2)ccc1O. The molecular formula is C25H22F6O3S. The normalized spacial score (nSPS) is 12.1. The van der Waals surface area contributed by atoms with Gasteiger partial charge in [-0.2, -0.15) is 26.3 Å². The maximum atomic E-state index is 12.8. The van der Waals surface area contributed by atoms with Crippen LogP contribution in [0.15, 0.2) is 71.6 Å². The zero-order chi connectivity index (χ0) is 25.6. The van der Waals surface area contributed by atoms with Gasteiger partial charge in [-0.1, -0.05) is 0 Å². The third kappa shape index (κ3) is 8.02. The van der Waals surface area contributed by atoms with Crippen molar-refractivity contribution >= 4 is 11.8 Å². The second-order valence-electron chi connectivity index (χ2n) is 7.79. The van der Waals surface area contributed by atoms with Gasteiger partial charge in [0.1, 0.15) is 17.2 Å². The Balaban J connectivity index is 1.65. The van der Waals surface area contributed by atoms with Crippen LogP contribution in [0.4, 0.5) is 26.3 Å². The van der Waals surface area contributed by atoms with Crippen LogP contribution in [0.3, 0.4) is 0 Å². The summed E-state index contributed by atoms with van der Waals surface area (Å²) < 4.78 is 87.9. The molecule has 3 nitrogen and oxygen atoms in total. The molecule has 0 aliphatic heterocycles. The molecule has 35 heavy (non-hydrogen) atoms. The van der Waals surface area contributed by atoms with Crippen LogP contribution in [-0.2, 0) is 12.4 Å². The minimum Gasteiger partial charge on any atom is -0.508 e. The Morgan fingerprint density at radius 1 is 0.743 bits per heavy atom. The summed E-state index contributed by atoms with van der Waals surface area (Å²) in [4.78, 5) is 0.884. The summed E-state index contributed by atoms with van der Waals surface area (Å²) in [5, 5.41) is 9.69. The molecule has 0 aliphatic rings. The van der Waals surface area contributed by atoms with E-state index in [0.29, 0.717) is 11.3 Å². The second kappa shape index (κ2) is 11.2. The number of ether oxygens (including phenoxy) is 2. The molecule has 0 atom stereocenters. The van der Waals surface area contributed by atoms with Crippen LogP contribution in [0.5, 0.6) is 17.2 Å². The van der Waals surface area contributed by atoms with Crippen molar-refractivity contribution in [3.63, 3.8) is 0 Å². The first-order chi connectivity index (χ1) is 16.4. The Hall–Kier alpha value is -3.01. The topological polar surface area (TPSA) is 38.7 Å². The number of hydrogen-bond acceptors (Lipinski definition) is 4. The Kier molecular flexibility index (Phi) is 8.47. The van der Waals surface area contributed by atoms with Crippen LogP contribution in [0.1, 0.15) is 16.7 Å². The zero-order valence-corrected chi connectivity index (χ0v) is 19.3. The number of benzene rings is 3. The highest BCUT2D eigenvalue weighted by atomic mass is 32.2. The fourth-order valence-electron chi connectivity index (χ4n) is 2.98. The van der Waals surface area contributed by atoms with Crippen molar-refractivity contribution in [2.75, 3.05) is 19.0 Å². The second-order valence-corrected chi connectivity index (χ2v) is 8.89. The Bertz CT molecular complexity index is 1030. The van der Waals surface area contributed by atoms with Gasteiger partial charge in [-0.15, -0.1) is 11.8 Å². The van der Waals surface area contributed by atoms with Crippen molar-refractivity contribution in [1.82, 2.24) is 0 Å². The molecule has 188 valence electrons. The number of alkyl halides is 6. The highest BCUT2D eigenvalue weighted by molar-refractivity contribution is 7.99. The van der Waals surface area contributed by atoms with E-state index >= 15 is 0 Å². The molecule has 3 aromatic carbocycles. The van der Waals surface area contributed by atoms with Crippen molar-refractivity contribution in [3.8, 4) is 17.2 Å². The van der Waals surface area contributed by atoms with E-state index in [1.54, 1.807) is 19.1 Å². The number of aromatic hydroxyl groups is 1. The third-order valence-electron chi connectivity index (χ3n) is 4.99. The molecule has 0 radical (unpaired) electrons. The van der Waals surface area contributed by atoms with Crippen molar-refractivity contribution < 1.29 is 40.9 Å². The van der Waals surface area contributed by atoms with Gasteiger partial charge in [0, 0.05) is 16.6 Å². The highest BCUT2D eigenvalue weighted by Gasteiger charge is 2.31. The van der Waals surface area contributed by atoms with E-state index in [2.05, 4.69) is 0 Å². The lowest BCUT2D eigenvalue weighted by Crippen LogP contribution is -2.22. The predicted molar refractivity (Wildman–Crippen MR) is 121 cm³/mol. The van der Waals surface area contributed by atoms with Crippen LogP contribution in [-0.4, -0.2) is 24.1 Å². The number of hydrogen-bond donors (Lipinski definition) is 1. The smallest absolute Gasteiger partial charge is 0.416 e. The molecule has 0 heterocycles. The average molecular weight is 517 g/mol. The number of rotatable bonds is 9. The fraction of sp³-hybridized carbons (Fsp3) is 0.280. The van der Waals surface area contributed by atoms with Crippen LogP contribution in [0.2, 0.25) is 0 Å². The molecule has 1 N–H and O–H groups in total. The van der Waals surface area contributed by atoms with E-state index in [-0.39, 0.29) is 36.4 Å². The van der Waals surface area contributed by atoms with Crippen molar-refractivity contribution in [3.05, 3.63) is 83.4 Å². The first kappa shape index (κ1) is 26.6. The lowest BCUT2D eigenvalue weighted by atomic mass is 10.2. The van der Waals surface area contributed by atoms with Crippen molar-refractivity contribution in [2.24, 2.45) is 5.92 Å².